The first kappa shape index (κ1) is 13.3. The van der Waals surface area contributed by atoms with E-state index in [2.05, 4.69) is 0 Å². The average molecular weight is 253 g/mol. The lowest BCUT2D eigenvalue weighted by molar-refractivity contribution is -0.117. The number of amides is 1. The Morgan fingerprint density at radius 3 is 2.21 bits per heavy atom. The third-order valence-corrected chi connectivity index (χ3v) is 3.16. The summed E-state index contributed by atoms with van der Waals surface area (Å²) < 4.78 is 0. The molecular weight excluding hydrogens is 234 g/mol. The fourth-order valence-corrected chi connectivity index (χ4v) is 2.09. The molecule has 0 heterocycles. The van der Waals surface area contributed by atoms with Gasteiger partial charge in [0.05, 0.1) is 6.42 Å². The maximum absolute atomic E-state index is 12.4. The maximum atomic E-state index is 12.4. The number of hydrogen-bond donors (Lipinski definition) is 0. The molecule has 0 aliphatic rings. The number of likely N-dealkylation sites (N-methyl/N-ethyl adjacent to an activating group) is 1. The normalized spacial score (nSPS) is 10.2. The molecule has 0 saturated heterocycles. The van der Waals surface area contributed by atoms with E-state index in [1.165, 1.54) is 5.56 Å². The summed E-state index contributed by atoms with van der Waals surface area (Å²) in [5.74, 6) is 0.137. The molecular formula is C17H19NO. The van der Waals surface area contributed by atoms with Crippen molar-refractivity contribution in [2.24, 2.45) is 0 Å². The SMILES string of the molecule is CCN(C(=O)Cc1ccc(C)cc1)c1ccccc1. The minimum Gasteiger partial charge on any atom is -0.312 e. The van der Waals surface area contributed by atoms with Gasteiger partial charge in [0, 0.05) is 12.2 Å². The standard InChI is InChI=1S/C17H19NO/c1-3-18(16-7-5-4-6-8-16)17(19)13-15-11-9-14(2)10-12-15/h4-12H,3,13H2,1-2H3. The van der Waals surface area contributed by atoms with Crippen LogP contribution in [-0.4, -0.2) is 12.5 Å². The van der Waals surface area contributed by atoms with E-state index in [9.17, 15) is 4.79 Å². The molecule has 0 atom stereocenters. The second-order valence-corrected chi connectivity index (χ2v) is 4.64. The van der Waals surface area contributed by atoms with Crippen molar-refractivity contribution in [3.63, 3.8) is 0 Å². The van der Waals surface area contributed by atoms with E-state index in [0.29, 0.717) is 13.0 Å². The summed E-state index contributed by atoms with van der Waals surface area (Å²) in [6.45, 7) is 4.74. The lowest BCUT2D eigenvalue weighted by Gasteiger charge is -2.21. The fraction of sp³-hybridized carbons (Fsp3) is 0.235. The zero-order valence-corrected chi connectivity index (χ0v) is 11.5. The average Bonchev–Trinajstić information content (AvgIpc) is 2.43. The maximum Gasteiger partial charge on any atom is 0.231 e. The summed E-state index contributed by atoms with van der Waals surface area (Å²) in [5.41, 5.74) is 3.23. The zero-order chi connectivity index (χ0) is 13.7. The minimum atomic E-state index is 0.137. The lowest BCUT2D eigenvalue weighted by Crippen LogP contribution is -2.31. The van der Waals surface area contributed by atoms with Gasteiger partial charge in [0.1, 0.15) is 0 Å². The van der Waals surface area contributed by atoms with Gasteiger partial charge in [-0.25, -0.2) is 0 Å². The Hall–Kier alpha value is -2.09. The first-order valence-electron chi connectivity index (χ1n) is 6.61. The number of carbonyl (C=O) groups is 1. The Morgan fingerprint density at radius 1 is 1.00 bits per heavy atom. The van der Waals surface area contributed by atoms with Crippen molar-refractivity contribution in [3.8, 4) is 0 Å². The second kappa shape index (κ2) is 6.19. The predicted octanol–water partition coefficient (Wildman–Crippen LogP) is 3.59. The van der Waals surface area contributed by atoms with Crippen LogP contribution in [0.4, 0.5) is 5.69 Å². The molecule has 0 aliphatic carbocycles. The molecule has 2 rings (SSSR count). The van der Waals surface area contributed by atoms with Crippen molar-refractivity contribution in [1.29, 1.82) is 0 Å². The molecule has 0 bridgehead atoms. The highest BCUT2D eigenvalue weighted by atomic mass is 16.2. The number of nitrogens with zero attached hydrogens (tertiary/aromatic N) is 1. The van der Waals surface area contributed by atoms with E-state index in [1.54, 1.807) is 0 Å². The van der Waals surface area contributed by atoms with Crippen LogP contribution >= 0.6 is 0 Å². The highest BCUT2D eigenvalue weighted by Gasteiger charge is 2.13. The molecule has 0 aromatic heterocycles. The molecule has 0 spiro atoms. The van der Waals surface area contributed by atoms with E-state index in [1.807, 2.05) is 73.3 Å². The van der Waals surface area contributed by atoms with Crippen LogP contribution < -0.4 is 4.90 Å². The number of hydrogen-bond acceptors (Lipinski definition) is 1. The number of carbonyl (C=O) groups excluding carboxylic acids is 1. The molecule has 0 saturated carbocycles. The van der Waals surface area contributed by atoms with Gasteiger partial charge in [0.2, 0.25) is 5.91 Å². The van der Waals surface area contributed by atoms with Crippen LogP contribution in [0.5, 0.6) is 0 Å². The first-order valence-corrected chi connectivity index (χ1v) is 6.61. The summed E-state index contributed by atoms with van der Waals surface area (Å²) in [5, 5.41) is 0. The van der Waals surface area contributed by atoms with Gasteiger partial charge >= 0.3 is 0 Å². The molecule has 2 aromatic carbocycles. The number of benzene rings is 2. The monoisotopic (exact) mass is 253 g/mol. The second-order valence-electron chi connectivity index (χ2n) is 4.64. The van der Waals surface area contributed by atoms with Crippen molar-refractivity contribution in [2.75, 3.05) is 11.4 Å². The van der Waals surface area contributed by atoms with Crippen LogP contribution in [0.3, 0.4) is 0 Å². The molecule has 0 unspecified atom stereocenters. The van der Waals surface area contributed by atoms with Gasteiger partial charge in [-0.05, 0) is 31.5 Å². The third-order valence-electron chi connectivity index (χ3n) is 3.16. The lowest BCUT2D eigenvalue weighted by atomic mass is 10.1. The molecule has 98 valence electrons. The van der Waals surface area contributed by atoms with E-state index in [-0.39, 0.29) is 5.91 Å². The van der Waals surface area contributed by atoms with Crippen molar-refractivity contribution in [3.05, 3.63) is 65.7 Å². The minimum absolute atomic E-state index is 0.137. The van der Waals surface area contributed by atoms with Gasteiger partial charge < -0.3 is 4.90 Å². The largest absolute Gasteiger partial charge is 0.312 e. The van der Waals surface area contributed by atoms with E-state index < -0.39 is 0 Å². The number of para-hydroxylation sites is 1. The molecule has 0 radical (unpaired) electrons. The molecule has 2 heteroatoms. The van der Waals surface area contributed by atoms with Crippen LogP contribution in [0, 0.1) is 6.92 Å². The molecule has 1 amide bonds. The molecule has 0 N–H and O–H groups in total. The fourth-order valence-electron chi connectivity index (χ4n) is 2.09. The Balaban J connectivity index is 2.11. The smallest absolute Gasteiger partial charge is 0.231 e. The first-order chi connectivity index (χ1) is 9.20. The number of aryl methyl sites for hydroxylation is 1. The van der Waals surface area contributed by atoms with Gasteiger partial charge in [-0.3, -0.25) is 4.79 Å². The van der Waals surface area contributed by atoms with Crippen LogP contribution in [0.15, 0.2) is 54.6 Å². The van der Waals surface area contributed by atoms with Crippen molar-refractivity contribution >= 4 is 11.6 Å². The molecule has 2 aromatic rings. The number of anilines is 1. The Bertz CT molecular complexity index is 531. The van der Waals surface area contributed by atoms with E-state index >= 15 is 0 Å². The van der Waals surface area contributed by atoms with Gasteiger partial charge in [0.15, 0.2) is 0 Å². The Morgan fingerprint density at radius 2 is 1.63 bits per heavy atom. The van der Waals surface area contributed by atoms with Gasteiger partial charge in [-0.2, -0.15) is 0 Å². The summed E-state index contributed by atoms with van der Waals surface area (Å²) in [4.78, 5) is 14.2. The van der Waals surface area contributed by atoms with Gasteiger partial charge in [0.25, 0.3) is 0 Å². The van der Waals surface area contributed by atoms with Crippen molar-refractivity contribution in [1.82, 2.24) is 0 Å². The highest BCUT2D eigenvalue weighted by Crippen LogP contribution is 2.15. The van der Waals surface area contributed by atoms with E-state index in [0.717, 1.165) is 11.3 Å². The molecule has 2 nitrogen and oxygen atoms in total. The third kappa shape index (κ3) is 3.44. The Labute approximate surface area is 114 Å². The topological polar surface area (TPSA) is 20.3 Å². The number of rotatable bonds is 4. The summed E-state index contributed by atoms with van der Waals surface area (Å²) >= 11 is 0. The van der Waals surface area contributed by atoms with E-state index in [4.69, 9.17) is 0 Å². The van der Waals surface area contributed by atoms with Gasteiger partial charge in [-0.15, -0.1) is 0 Å². The highest BCUT2D eigenvalue weighted by molar-refractivity contribution is 5.94. The van der Waals surface area contributed by atoms with Crippen LogP contribution in [0.2, 0.25) is 0 Å². The predicted molar refractivity (Wildman–Crippen MR) is 79.4 cm³/mol. The quantitative estimate of drug-likeness (QED) is 0.815. The molecule has 0 aliphatic heterocycles. The Kier molecular flexibility index (Phi) is 4.35. The van der Waals surface area contributed by atoms with Crippen LogP contribution in [0.1, 0.15) is 18.1 Å². The zero-order valence-electron chi connectivity index (χ0n) is 11.5. The summed E-state index contributed by atoms with van der Waals surface area (Å²) in [6.07, 6.45) is 0.447. The van der Waals surface area contributed by atoms with Crippen molar-refractivity contribution in [2.45, 2.75) is 20.3 Å². The van der Waals surface area contributed by atoms with Crippen LogP contribution in [-0.2, 0) is 11.2 Å². The van der Waals surface area contributed by atoms with Gasteiger partial charge in [-0.1, -0.05) is 48.0 Å². The van der Waals surface area contributed by atoms with Crippen molar-refractivity contribution < 1.29 is 4.79 Å². The summed E-state index contributed by atoms with van der Waals surface area (Å²) in [7, 11) is 0. The molecule has 0 fully saturated rings. The summed E-state index contributed by atoms with van der Waals surface area (Å²) in [6, 6.07) is 17.9. The van der Waals surface area contributed by atoms with Crippen LogP contribution in [0.25, 0.3) is 0 Å². The molecule has 19 heavy (non-hydrogen) atoms.